The lowest BCUT2D eigenvalue weighted by atomic mass is 9.96. The van der Waals surface area contributed by atoms with Crippen molar-refractivity contribution < 1.29 is 28.8 Å². The Labute approximate surface area is 214 Å². The first kappa shape index (κ1) is 27.9. The predicted octanol–water partition coefficient (Wildman–Crippen LogP) is 2.12. The zero-order chi connectivity index (χ0) is 25.4. The topological polar surface area (TPSA) is 115 Å². The molecule has 3 fully saturated rings. The molecule has 2 bridgehead atoms. The van der Waals surface area contributed by atoms with Crippen LogP contribution in [0.2, 0.25) is 5.02 Å². The van der Waals surface area contributed by atoms with Gasteiger partial charge in [-0.25, -0.2) is 14.0 Å². The fourth-order valence-corrected chi connectivity index (χ4v) is 6.88. The van der Waals surface area contributed by atoms with Crippen molar-refractivity contribution in [2.24, 2.45) is 0 Å². The number of benzene rings is 1. The second-order valence-corrected chi connectivity index (χ2v) is 10.6. The number of aliphatic hydroxyl groups is 1. The number of nitrogens with zero attached hydrogens (tertiary/aromatic N) is 3. The summed E-state index contributed by atoms with van der Waals surface area (Å²) < 4.78 is 28.7. The Morgan fingerprint density at radius 1 is 1.31 bits per heavy atom. The number of hydrogen-bond donors (Lipinski definition) is 3. The van der Waals surface area contributed by atoms with Gasteiger partial charge in [-0.2, -0.15) is 4.31 Å². The van der Waals surface area contributed by atoms with Crippen molar-refractivity contribution in [1.29, 1.82) is 0 Å². The first-order valence-electron chi connectivity index (χ1n) is 11.7. The normalized spacial score (nSPS) is 26.4. The molecule has 3 N–H and O–H groups in total. The van der Waals surface area contributed by atoms with E-state index in [1.165, 1.54) is 0 Å². The van der Waals surface area contributed by atoms with Crippen molar-refractivity contribution in [3.05, 3.63) is 42.1 Å². The smallest absolute Gasteiger partial charge is 0.266 e. The maximum absolute atomic E-state index is 13.7. The highest BCUT2D eigenvalue weighted by molar-refractivity contribution is 7.80. The Kier molecular flexibility index (Phi) is 10.3. The zero-order valence-corrected chi connectivity index (χ0v) is 21.5. The Bertz CT molecular complexity index is 870. The van der Waals surface area contributed by atoms with Crippen molar-refractivity contribution in [2.75, 3.05) is 46.4 Å². The summed E-state index contributed by atoms with van der Waals surface area (Å²) in [5.41, 5.74) is 0.828. The van der Waals surface area contributed by atoms with Gasteiger partial charge in [-0.1, -0.05) is 18.2 Å². The first-order chi connectivity index (χ1) is 16.9. The van der Waals surface area contributed by atoms with Crippen LogP contribution in [0, 0.1) is 0 Å². The first-order valence-corrected chi connectivity index (χ1v) is 13.1. The van der Waals surface area contributed by atoms with Crippen LogP contribution < -0.4 is 10.2 Å². The number of methoxy groups -OCH3 is 1. The number of hydroxylamine groups is 1. The van der Waals surface area contributed by atoms with E-state index in [1.54, 1.807) is 19.2 Å². The molecule has 3 unspecified atom stereocenters. The molecule has 3 heterocycles. The third kappa shape index (κ3) is 6.53. The summed E-state index contributed by atoms with van der Waals surface area (Å²) in [5.74, 6) is 0.286. The average molecular weight is 531 g/mol. The number of rotatable bonds is 8. The van der Waals surface area contributed by atoms with Crippen molar-refractivity contribution in [3.63, 3.8) is 0 Å². The molecule has 12 heteroatoms. The lowest BCUT2D eigenvalue weighted by Crippen LogP contribution is -2.69. The molecule has 196 valence electrons. The Morgan fingerprint density at radius 2 is 1.97 bits per heavy atom. The largest absolute Gasteiger partial charge is 0.516 e. The van der Waals surface area contributed by atoms with Gasteiger partial charge in [0, 0.05) is 50.9 Å². The molecule has 0 aliphatic carbocycles. The van der Waals surface area contributed by atoms with Crippen LogP contribution in [0.15, 0.2) is 37.1 Å². The molecule has 4 rings (SSSR count). The average Bonchev–Trinajstić information content (AvgIpc) is 3.11. The summed E-state index contributed by atoms with van der Waals surface area (Å²) in [6.07, 6.45) is 3.61. The molecule has 0 spiro atoms. The highest BCUT2D eigenvalue weighted by Crippen LogP contribution is 2.41. The number of piperazine rings is 1. The number of amides is 1. The number of hydrogen-bond acceptors (Lipinski definition) is 7. The third-order valence-electron chi connectivity index (χ3n) is 6.64. The molecule has 3 aliphatic rings. The monoisotopic (exact) mass is 530 g/mol. The molecule has 10 nitrogen and oxygen atoms in total. The molecule has 0 aromatic heterocycles. The number of nitrogens with one attached hydrogen (secondary N) is 1. The van der Waals surface area contributed by atoms with Gasteiger partial charge in [-0.3, -0.25) is 14.9 Å². The van der Waals surface area contributed by atoms with Crippen LogP contribution >= 0.6 is 11.6 Å². The van der Waals surface area contributed by atoms with E-state index in [0.29, 0.717) is 44.2 Å². The van der Waals surface area contributed by atoms with E-state index in [-0.39, 0.29) is 12.1 Å². The fourth-order valence-electron chi connectivity index (χ4n) is 5.02. The van der Waals surface area contributed by atoms with E-state index in [2.05, 4.69) is 11.5 Å². The molecule has 1 aromatic carbocycles. The van der Waals surface area contributed by atoms with Crippen molar-refractivity contribution in [3.8, 4) is 5.75 Å². The minimum Gasteiger partial charge on any atom is -0.516 e. The van der Waals surface area contributed by atoms with Gasteiger partial charge in [0.25, 0.3) is 5.91 Å². The van der Waals surface area contributed by atoms with E-state index in [4.69, 9.17) is 26.2 Å². The van der Waals surface area contributed by atoms with Gasteiger partial charge in [-0.15, -0.1) is 0 Å². The SMILES string of the molecule is C=CO.COCCN1CC2CCC(C(=O)NO)(C1)N2S(=O)N1CCC(Oc2ccc(Cl)cc2)CC1. The third-order valence-corrected chi connectivity index (χ3v) is 8.68. The van der Waals surface area contributed by atoms with Crippen LogP contribution in [-0.4, -0.2) is 98.1 Å². The molecule has 0 saturated carbocycles. The van der Waals surface area contributed by atoms with Gasteiger partial charge in [0.1, 0.15) is 17.4 Å². The molecule has 35 heavy (non-hydrogen) atoms. The lowest BCUT2D eigenvalue weighted by Gasteiger charge is -2.48. The standard InChI is InChI=1S/C21H31ClN4O5S.C2H4O/c1-30-13-12-24-14-17-6-9-21(15-24,20(27)23-28)26(17)32(29)25-10-7-19(8-11-25)31-18-4-2-16(22)3-5-18;1-2-3/h2-5,17,19,28H,6-15H2,1H3,(H,23,27);2-3H,1H2. The highest BCUT2D eigenvalue weighted by atomic mass is 35.5. The van der Waals surface area contributed by atoms with E-state index in [9.17, 15) is 14.2 Å². The van der Waals surface area contributed by atoms with Gasteiger partial charge >= 0.3 is 0 Å². The number of carbonyl (C=O) groups excluding carboxylic acids is 1. The second kappa shape index (κ2) is 13.0. The number of likely N-dealkylation sites (tertiary alicyclic amines) is 1. The summed E-state index contributed by atoms with van der Waals surface area (Å²) >= 11 is 4.46. The van der Waals surface area contributed by atoms with Crippen LogP contribution in [0.1, 0.15) is 25.7 Å². The molecule has 3 saturated heterocycles. The lowest BCUT2D eigenvalue weighted by molar-refractivity contribution is -0.141. The summed E-state index contributed by atoms with van der Waals surface area (Å²) in [6, 6.07) is 7.29. The summed E-state index contributed by atoms with van der Waals surface area (Å²) in [6.45, 7) is 6.54. The van der Waals surface area contributed by atoms with Gasteiger partial charge in [0.2, 0.25) is 0 Å². The number of fused-ring (bicyclic) bond motifs is 2. The van der Waals surface area contributed by atoms with Crippen LogP contribution in [-0.2, 0) is 20.7 Å². The number of carbonyl (C=O) groups is 1. The van der Waals surface area contributed by atoms with Gasteiger partial charge < -0.3 is 14.6 Å². The molecule has 1 aromatic rings. The van der Waals surface area contributed by atoms with E-state index < -0.39 is 22.6 Å². The quantitative estimate of drug-likeness (QED) is 0.268. The fraction of sp³-hybridized carbons (Fsp3) is 0.609. The molecular formula is C23H35ClN4O6S. The maximum atomic E-state index is 13.7. The predicted molar refractivity (Wildman–Crippen MR) is 133 cm³/mol. The summed E-state index contributed by atoms with van der Waals surface area (Å²) in [4.78, 5) is 15.0. The molecule has 3 aliphatic heterocycles. The summed E-state index contributed by atoms with van der Waals surface area (Å²) in [5, 5.41) is 17.5. The Morgan fingerprint density at radius 3 is 2.57 bits per heavy atom. The van der Waals surface area contributed by atoms with Gasteiger partial charge in [-0.05, 0) is 49.9 Å². The molecular weight excluding hydrogens is 496 g/mol. The Balaban J connectivity index is 0.00000108. The van der Waals surface area contributed by atoms with Crippen molar-refractivity contribution >= 4 is 28.7 Å². The van der Waals surface area contributed by atoms with Crippen LogP contribution in [0.5, 0.6) is 5.75 Å². The minimum atomic E-state index is -1.47. The van der Waals surface area contributed by atoms with Gasteiger partial charge in [0.15, 0.2) is 11.2 Å². The zero-order valence-electron chi connectivity index (χ0n) is 20.0. The van der Waals surface area contributed by atoms with Gasteiger partial charge in [0.05, 0.1) is 12.9 Å². The van der Waals surface area contributed by atoms with Crippen LogP contribution in [0.3, 0.4) is 0 Å². The number of halogens is 1. The van der Waals surface area contributed by atoms with E-state index in [0.717, 1.165) is 37.8 Å². The number of piperidine rings is 1. The maximum Gasteiger partial charge on any atom is 0.266 e. The van der Waals surface area contributed by atoms with Crippen molar-refractivity contribution in [1.82, 2.24) is 19.0 Å². The van der Waals surface area contributed by atoms with E-state index >= 15 is 0 Å². The molecule has 1 amide bonds. The second-order valence-electron chi connectivity index (χ2n) is 8.83. The van der Waals surface area contributed by atoms with Crippen LogP contribution in [0.25, 0.3) is 0 Å². The minimum absolute atomic E-state index is 0.0122. The molecule has 0 radical (unpaired) electrons. The van der Waals surface area contributed by atoms with E-state index in [1.807, 2.05) is 26.2 Å². The van der Waals surface area contributed by atoms with Crippen molar-refractivity contribution in [2.45, 2.75) is 43.4 Å². The molecule has 3 atom stereocenters. The number of aliphatic hydroxyl groups excluding tert-OH is 1. The number of ether oxygens (including phenoxy) is 2. The highest BCUT2D eigenvalue weighted by Gasteiger charge is 2.59. The Hall–Kier alpha value is -1.73. The summed E-state index contributed by atoms with van der Waals surface area (Å²) in [7, 11) is 1.65. The van der Waals surface area contributed by atoms with Crippen LogP contribution in [0.4, 0.5) is 0 Å².